The van der Waals surface area contributed by atoms with E-state index in [2.05, 4.69) is 10.2 Å². The van der Waals surface area contributed by atoms with Gasteiger partial charge in [0.1, 0.15) is 18.2 Å². The van der Waals surface area contributed by atoms with Crippen molar-refractivity contribution in [3.05, 3.63) is 95.6 Å². The van der Waals surface area contributed by atoms with E-state index in [1.807, 2.05) is 30.9 Å². The summed E-state index contributed by atoms with van der Waals surface area (Å²) >= 11 is 0. The Morgan fingerprint density at radius 2 is 1.40 bits per heavy atom. The molecule has 0 spiro atoms. The molecule has 0 aliphatic carbocycles. The van der Waals surface area contributed by atoms with Crippen molar-refractivity contribution in [3.63, 3.8) is 0 Å². The van der Waals surface area contributed by atoms with Crippen molar-refractivity contribution < 1.29 is 23.2 Å². The van der Waals surface area contributed by atoms with Crippen LogP contribution < -0.4 is 10.2 Å². The highest BCUT2D eigenvalue weighted by molar-refractivity contribution is 5.99. The molecule has 3 aromatic rings. The van der Waals surface area contributed by atoms with Gasteiger partial charge in [-0.25, -0.2) is 8.78 Å². The van der Waals surface area contributed by atoms with Crippen molar-refractivity contribution >= 4 is 29.1 Å². The largest absolute Gasteiger partial charge is 0.368 e. The van der Waals surface area contributed by atoms with Crippen LogP contribution in [-0.4, -0.2) is 60.2 Å². The molecule has 4 rings (SSSR count). The Kier molecular flexibility index (Phi) is 9.47. The Balaban J connectivity index is 1.37. The van der Waals surface area contributed by atoms with Crippen LogP contribution in [0.2, 0.25) is 0 Å². The molecule has 210 valence electrons. The lowest BCUT2D eigenvalue weighted by atomic mass is 10.1. The van der Waals surface area contributed by atoms with Gasteiger partial charge in [0, 0.05) is 56.1 Å². The van der Waals surface area contributed by atoms with Crippen LogP contribution in [0, 0.1) is 17.6 Å². The van der Waals surface area contributed by atoms with Crippen LogP contribution in [0.5, 0.6) is 0 Å². The third kappa shape index (κ3) is 7.88. The van der Waals surface area contributed by atoms with E-state index in [1.54, 1.807) is 24.3 Å². The molecular weight excluding hydrogens is 514 g/mol. The van der Waals surface area contributed by atoms with Crippen molar-refractivity contribution in [1.29, 1.82) is 0 Å². The number of carbonyl (C=O) groups excluding carboxylic acids is 3. The average molecular weight is 549 g/mol. The molecule has 7 nitrogen and oxygen atoms in total. The minimum absolute atomic E-state index is 0.0779. The van der Waals surface area contributed by atoms with E-state index >= 15 is 0 Å². The van der Waals surface area contributed by atoms with Gasteiger partial charge in [0.15, 0.2) is 0 Å². The average Bonchev–Trinajstić information content (AvgIpc) is 2.94. The SMILES string of the molecule is CC(C)CC(=O)N1CCN(c2ccc(NC(=O)CN(Cc3ccc(F)cc3)C(=O)c3ccc(F)cc3)cc2)CC1. The summed E-state index contributed by atoms with van der Waals surface area (Å²) in [6.07, 6.45) is 0.561. The van der Waals surface area contributed by atoms with Crippen molar-refractivity contribution in [2.24, 2.45) is 5.92 Å². The van der Waals surface area contributed by atoms with Gasteiger partial charge in [0.25, 0.3) is 5.91 Å². The summed E-state index contributed by atoms with van der Waals surface area (Å²) in [5.41, 5.74) is 2.47. The van der Waals surface area contributed by atoms with Gasteiger partial charge in [-0.15, -0.1) is 0 Å². The van der Waals surface area contributed by atoms with Crippen LogP contribution in [0.15, 0.2) is 72.8 Å². The van der Waals surface area contributed by atoms with Gasteiger partial charge in [0.05, 0.1) is 0 Å². The molecule has 3 aromatic carbocycles. The van der Waals surface area contributed by atoms with Crippen LogP contribution in [0.4, 0.5) is 20.2 Å². The maximum atomic E-state index is 13.4. The summed E-state index contributed by atoms with van der Waals surface area (Å²) in [6, 6.07) is 18.2. The molecule has 1 fully saturated rings. The predicted molar refractivity (Wildman–Crippen MR) is 151 cm³/mol. The van der Waals surface area contributed by atoms with Crippen LogP contribution in [0.25, 0.3) is 0 Å². The number of nitrogens with one attached hydrogen (secondary N) is 1. The third-order valence-corrected chi connectivity index (χ3v) is 6.73. The molecule has 1 aliphatic heterocycles. The Morgan fingerprint density at radius 3 is 1.98 bits per heavy atom. The second kappa shape index (κ2) is 13.2. The summed E-state index contributed by atoms with van der Waals surface area (Å²) in [5.74, 6) is -1.18. The van der Waals surface area contributed by atoms with Crippen molar-refractivity contribution in [3.8, 4) is 0 Å². The van der Waals surface area contributed by atoms with Gasteiger partial charge in [-0.05, 0) is 72.1 Å². The Morgan fingerprint density at radius 1 is 0.825 bits per heavy atom. The first-order valence-electron chi connectivity index (χ1n) is 13.4. The highest BCUT2D eigenvalue weighted by atomic mass is 19.1. The topological polar surface area (TPSA) is 73.0 Å². The fourth-order valence-corrected chi connectivity index (χ4v) is 4.61. The monoisotopic (exact) mass is 548 g/mol. The molecule has 1 N–H and O–H groups in total. The van der Waals surface area contributed by atoms with Crippen molar-refractivity contribution in [2.45, 2.75) is 26.8 Å². The Bertz CT molecular complexity index is 1300. The maximum Gasteiger partial charge on any atom is 0.254 e. The van der Waals surface area contributed by atoms with Crippen molar-refractivity contribution in [1.82, 2.24) is 9.80 Å². The number of anilines is 2. The quantitative estimate of drug-likeness (QED) is 0.411. The second-order valence-electron chi connectivity index (χ2n) is 10.4. The maximum absolute atomic E-state index is 13.4. The zero-order valence-corrected chi connectivity index (χ0v) is 22.8. The molecule has 0 unspecified atom stereocenters. The lowest BCUT2D eigenvalue weighted by molar-refractivity contribution is -0.132. The Hall–Kier alpha value is -4.27. The number of nitrogens with zero attached hydrogens (tertiary/aromatic N) is 3. The molecule has 0 radical (unpaired) electrons. The number of hydrogen-bond acceptors (Lipinski definition) is 4. The minimum atomic E-state index is -0.468. The normalized spacial score (nSPS) is 13.3. The summed E-state index contributed by atoms with van der Waals surface area (Å²) in [6.45, 7) is 6.74. The van der Waals surface area contributed by atoms with Crippen LogP contribution >= 0.6 is 0 Å². The van der Waals surface area contributed by atoms with E-state index in [0.717, 1.165) is 18.8 Å². The first kappa shape index (κ1) is 28.7. The van der Waals surface area contributed by atoms with Gasteiger partial charge in [-0.1, -0.05) is 26.0 Å². The lowest BCUT2D eigenvalue weighted by Crippen LogP contribution is -2.49. The van der Waals surface area contributed by atoms with E-state index in [9.17, 15) is 23.2 Å². The fraction of sp³-hybridized carbons (Fsp3) is 0.323. The fourth-order valence-electron chi connectivity index (χ4n) is 4.61. The van der Waals surface area contributed by atoms with Crippen molar-refractivity contribution in [2.75, 3.05) is 42.9 Å². The number of halogens is 2. The molecule has 1 saturated heterocycles. The summed E-state index contributed by atoms with van der Waals surface area (Å²) < 4.78 is 26.8. The van der Waals surface area contributed by atoms with Gasteiger partial charge >= 0.3 is 0 Å². The molecule has 1 aliphatic rings. The van der Waals surface area contributed by atoms with Gasteiger partial charge in [-0.3, -0.25) is 14.4 Å². The number of carbonyl (C=O) groups is 3. The number of benzene rings is 3. The molecule has 9 heteroatoms. The molecule has 0 aromatic heterocycles. The van der Waals surface area contributed by atoms with Crippen LogP contribution in [0.3, 0.4) is 0 Å². The number of rotatable bonds is 9. The highest BCUT2D eigenvalue weighted by Gasteiger charge is 2.22. The Labute approximate surface area is 233 Å². The number of piperazine rings is 1. The third-order valence-electron chi connectivity index (χ3n) is 6.73. The summed E-state index contributed by atoms with van der Waals surface area (Å²) in [7, 11) is 0. The molecular formula is C31H34F2N4O3. The minimum Gasteiger partial charge on any atom is -0.368 e. The zero-order valence-electron chi connectivity index (χ0n) is 22.8. The number of hydrogen-bond donors (Lipinski definition) is 1. The molecule has 40 heavy (non-hydrogen) atoms. The van der Waals surface area contributed by atoms with E-state index < -0.39 is 23.4 Å². The van der Waals surface area contributed by atoms with Gasteiger partial charge in [-0.2, -0.15) is 0 Å². The smallest absolute Gasteiger partial charge is 0.254 e. The van der Waals surface area contributed by atoms with Gasteiger partial charge in [0.2, 0.25) is 11.8 Å². The summed E-state index contributed by atoms with van der Waals surface area (Å²) in [4.78, 5) is 43.9. The van der Waals surface area contributed by atoms with E-state index in [-0.39, 0.29) is 24.6 Å². The van der Waals surface area contributed by atoms with E-state index in [4.69, 9.17) is 0 Å². The molecule has 0 saturated carbocycles. The van der Waals surface area contributed by atoms with Gasteiger partial charge < -0.3 is 20.0 Å². The molecule has 0 atom stereocenters. The second-order valence-corrected chi connectivity index (χ2v) is 10.4. The van der Waals surface area contributed by atoms with Crippen LogP contribution in [-0.2, 0) is 16.1 Å². The lowest BCUT2D eigenvalue weighted by Gasteiger charge is -2.36. The first-order chi connectivity index (χ1) is 19.2. The van der Waals surface area contributed by atoms with E-state index in [1.165, 1.54) is 41.3 Å². The van der Waals surface area contributed by atoms with E-state index in [0.29, 0.717) is 36.7 Å². The molecule has 3 amide bonds. The number of amides is 3. The highest BCUT2D eigenvalue weighted by Crippen LogP contribution is 2.21. The first-order valence-corrected chi connectivity index (χ1v) is 13.4. The zero-order chi connectivity index (χ0) is 28.6. The molecule has 0 bridgehead atoms. The molecule has 1 heterocycles. The standard InChI is InChI=1S/C31H34F2N4O3/c1-22(2)19-30(39)36-17-15-35(16-18-36)28-13-11-27(12-14-28)34-29(38)21-37(20-23-3-7-25(32)8-4-23)31(40)24-5-9-26(33)10-6-24/h3-14,22H,15-21H2,1-2H3,(H,34,38). The predicted octanol–water partition coefficient (Wildman–Crippen LogP) is 4.94. The summed E-state index contributed by atoms with van der Waals surface area (Å²) in [5, 5.41) is 2.83. The van der Waals surface area contributed by atoms with Crippen LogP contribution in [0.1, 0.15) is 36.2 Å².